The van der Waals surface area contributed by atoms with E-state index in [9.17, 15) is 33.9 Å². The molecule has 0 aromatic heterocycles. The van der Waals surface area contributed by atoms with Gasteiger partial charge >= 0.3 is 11.9 Å². The van der Waals surface area contributed by atoms with Crippen molar-refractivity contribution in [3.63, 3.8) is 0 Å². The van der Waals surface area contributed by atoms with Gasteiger partial charge < -0.3 is 34.5 Å². The van der Waals surface area contributed by atoms with Crippen LogP contribution >= 0.6 is 15.9 Å². The fraction of sp³-hybridized carbons (Fsp3) is 0.860. The van der Waals surface area contributed by atoms with E-state index in [2.05, 4.69) is 21.2 Å². The summed E-state index contributed by atoms with van der Waals surface area (Å²) < 4.78 is 21.8. The fourth-order valence-corrected chi connectivity index (χ4v) is 6.45. The Labute approximate surface area is 350 Å². The highest BCUT2D eigenvalue weighted by atomic mass is 79.9. The second kappa shape index (κ2) is 41.9. The van der Waals surface area contributed by atoms with Crippen LogP contribution in [0.15, 0.2) is 0 Å². The number of carboxylic acid groups (broad SMARTS) is 2. The zero-order chi connectivity index (χ0) is 42.0. The van der Waals surface area contributed by atoms with Gasteiger partial charge in [0.1, 0.15) is 17.3 Å². The Morgan fingerprint density at radius 3 is 1.37 bits per heavy atom. The van der Waals surface area contributed by atoms with E-state index >= 15 is 0 Å². The molecular weight excluding hydrogens is 802 g/mol. The van der Waals surface area contributed by atoms with Gasteiger partial charge in [-0.05, 0) is 38.5 Å². The molecule has 0 aromatic carbocycles. The number of aliphatic carboxylic acids is 2. The van der Waals surface area contributed by atoms with E-state index in [4.69, 9.17) is 24.1 Å². The Morgan fingerprint density at radius 2 is 0.877 bits per heavy atom. The van der Waals surface area contributed by atoms with Gasteiger partial charge in [-0.3, -0.25) is 28.8 Å². The Morgan fingerprint density at radius 1 is 0.439 bits per heavy atom. The van der Waals surface area contributed by atoms with Gasteiger partial charge in [0.05, 0.1) is 50.9 Å². The molecule has 0 aliphatic rings. The summed E-state index contributed by atoms with van der Waals surface area (Å²) in [5.41, 5.74) is 0. The fourth-order valence-electron chi connectivity index (χ4n) is 6.17. The zero-order valence-corrected chi connectivity index (χ0v) is 36.5. The molecule has 0 radical (unpaired) electrons. The molecule has 0 saturated heterocycles. The van der Waals surface area contributed by atoms with E-state index in [0.717, 1.165) is 38.5 Å². The number of Topliss-reactive ketones (excluding diaryl/α,β-unsaturated/α-hetero) is 3. The second-order valence-corrected chi connectivity index (χ2v) is 15.4. The summed E-state index contributed by atoms with van der Waals surface area (Å²) in [5, 5.41) is 21.5. The highest BCUT2D eigenvalue weighted by molar-refractivity contribution is 9.09. The third-order valence-corrected chi connectivity index (χ3v) is 10.2. The topological polar surface area (TPSA) is 192 Å². The Balaban J connectivity index is 3.59. The van der Waals surface area contributed by atoms with Crippen LogP contribution in [0.1, 0.15) is 167 Å². The molecule has 0 fully saturated rings. The molecule has 1 amide bonds. The van der Waals surface area contributed by atoms with E-state index in [1.807, 2.05) is 0 Å². The monoisotopic (exact) mass is 877 g/mol. The van der Waals surface area contributed by atoms with Crippen molar-refractivity contribution in [2.24, 2.45) is 5.92 Å². The van der Waals surface area contributed by atoms with Crippen LogP contribution in [-0.2, 0) is 47.7 Å². The quantitative estimate of drug-likeness (QED) is 0.0393. The minimum atomic E-state index is -0.939. The summed E-state index contributed by atoms with van der Waals surface area (Å²) in [4.78, 5) is 69.9. The largest absolute Gasteiger partial charge is 0.481 e. The minimum absolute atomic E-state index is 0.0162. The number of unbranched alkanes of at least 4 members (excludes halogenated alkanes) is 14. The van der Waals surface area contributed by atoms with Crippen LogP contribution in [0.5, 0.6) is 0 Å². The number of halogens is 1. The van der Waals surface area contributed by atoms with Gasteiger partial charge in [-0.25, -0.2) is 0 Å². The van der Waals surface area contributed by atoms with Gasteiger partial charge in [0.15, 0.2) is 0 Å². The molecule has 14 heteroatoms. The molecule has 0 rings (SSSR count). The molecule has 0 aliphatic heterocycles. The summed E-state index contributed by atoms with van der Waals surface area (Å²) in [6.45, 7) is 3.60. The lowest BCUT2D eigenvalue weighted by Gasteiger charge is -2.12. The van der Waals surface area contributed by atoms with Crippen LogP contribution in [-0.4, -0.2) is 110 Å². The highest BCUT2D eigenvalue weighted by Gasteiger charge is 2.20. The maximum absolute atomic E-state index is 12.4. The number of ketones is 3. The molecule has 0 heterocycles. The van der Waals surface area contributed by atoms with Crippen molar-refractivity contribution < 1.29 is 57.9 Å². The Hall–Kier alpha value is -2.26. The first-order chi connectivity index (χ1) is 27.6. The minimum Gasteiger partial charge on any atom is -0.481 e. The number of amides is 1. The van der Waals surface area contributed by atoms with E-state index < -0.39 is 17.9 Å². The summed E-state index contributed by atoms with van der Waals surface area (Å²) in [7, 11) is 0. The molecular formula is C43H76BrNO12. The van der Waals surface area contributed by atoms with Gasteiger partial charge in [-0.2, -0.15) is 0 Å². The summed E-state index contributed by atoms with van der Waals surface area (Å²) >= 11 is 3.13. The van der Waals surface area contributed by atoms with Crippen molar-refractivity contribution in [1.29, 1.82) is 0 Å². The third kappa shape index (κ3) is 41.7. The number of hydrogen-bond donors (Lipinski definition) is 3. The summed E-state index contributed by atoms with van der Waals surface area (Å²) in [5.74, 6) is -2.17. The van der Waals surface area contributed by atoms with Crippen LogP contribution in [0.3, 0.4) is 0 Å². The van der Waals surface area contributed by atoms with Gasteiger partial charge in [-0.1, -0.05) is 99.4 Å². The van der Waals surface area contributed by atoms with Crippen molar-refractivity contribution in [2.45, 2.75) is 167 Å². The molecule has 1 atom stereocenters. The normalized spacial score (nSPS) is 11.7. The SMILES string of the molecule is O=C(O)CCCCCCCCCCCCCCCCC(=O)C[C@@H](CCCCNC(=O)CCOCCOCCCC(=O)CCOCCOCCCC(=O)CBr)C(=O)O. The molecule has 0 aromatic rings. The van der Waals surface area contributed by atoms with Crippen molar-refractivity contribution >= 4 is 51.1 Å². The van der Waals surface area contributed by atoms with Crippen LogP contribution in [0, 0.1) is 5.92 Å². The van der Waals surface area contributed by atoms with E-state index in [1.165, 1.54) is 51.4 Å². The molecule has 0 spiro atoms. The van der Waals surface area contributed by atoms with Crippen LogP contribution in [0.4, 0.5) is 0 Å². The molecule has 332 valence electrons. The summed E-state index contributed by atoms with van der Waals surface area (Å²) in [6, 6.07) is 0. The molecule has 0 unspecified atom stereocenters. The Kier molecular flexibility index (Phi) is 40.2. The van der Waals surface area contributed by atoms with Crippen LogP contribution in [0.25, 0.3) is 0 Å². The predicted molar refractivity (Wildman–Crippen MR) is 224 cm³/mol. The number of ether oxygens (including phenoxy) is 4. The second-order valence-electron chi connectivity index (χ2n) is 14.8. The molecule has 13 nitrogen and oxygen atoms in total. The lowest BCUT2D eigenvalue weighted by atomic mass is 9.94. The number of hydrogen-bond acceptors (Lipinski definition) is 10. The summed E-state index contributed by atoms with van der Waals surface area (Å²) in [6.07, 6.45) is 20.9. The van der Waals surface area contributed by atoms with E-state index in [-0.39, 0.29) is 49.1 Å². The number of rotatable bonds is 46. The lowest BCUT2D eigenvalue weighted by molar-refractivity contribution is -0.144. The maximum Gasteiger partial charge on any atom is 0.306 e. The molecule has 3 N–H and O–H groups in total. The number of carboxylic acids is 2. The molecule has 57 heavy (non-hydrogen) atoms. The average Bonchev–Trinajstić information content (AvgIpc) is 3.18. The Bertz CT molecular complexity index is 1040. The molecule has 0 aliphatic carbocycles. The first-order valence-electron chi connectivity index (χ1n) is 21.8. The first-order valence-corrected chi connectivity index (χ1v) is 22.9. The van der Waals surface area contributed by atoms with Gasteiger partial charge in [0.2, 0.25) is 5.91 Å². The molecule has 0 bridgehead atoms. The lowest BCUT2D eigenvalue weighted by Crippen LogP contribution is -2.26. The zero-order valence-electron chi connectivity index (χ0n) is 34.9. The van der Waals surface area contributed by atoms with E-state index in [1.54, 1.807) is 0 Å². The average molecular weight is 879 g/mol. The van der Waals surface area contributed by atoms with E-state index in [0.29, 0.717) is 116 Å². The highest BCUT2D eigenvalue weighted by Crippen LogP contribution is 2.17. The standard InChI is InChI=1S/C43H76BrNO12/c44-36-40(48)22-18-28-55-31-33-56-29-24-38(46)21-17-27-54-32-34-57-30-25-41(49)45-26-16-15-19-37(43(52)53)35-39(47)20-13-11-9-7-5-3-1-2-4-6-8-10-12-14-23-42(50)51/h37H,1-36H2,(H,45,49)(H,50,51)(H,52,53)/t37-/m1/s1. The first kappa shape index (κ1) is 54.7. The van der Waals surface area contributed by atoms with Crippen LogP contribution in [0.2, 0.25) is 0 Å². The number of carbonyl (C=O) groups excluding carboxylic acids is 4. The smallest absolute Gasteiger partial charge is 0.306 e. The predicted octanol–water partition coefficient (Wildman–Crippen LogP) is 8.20. The maximum atomic E-state index is 12.4. The van der Waals surface area contributed by atoms with Gasteiger partial charge in [0, 0.05) is 64.7 Å². The van der Waals surface area contributed by atoms with Crippen molar-refractivity contribution in [2.75, 3.05) is 64.7 Å². The van der Waals surface area contributed by atoms with Gasteiger partial charge in [-0.15, -0.1) is 0 Å². The van der Waals surface area contributed by atoms with Crippen LogP contribution < -0.4 is 5.32 Å². The molecule has 0 saturated carbocycles. The third-order valence-electron chi connectivity index (χ3n) is 9.60. The van der Waals surface area contributed by atoms with Crippen molar-refractivity contribution in [1.82, 2.24) is 5.32 Å². The number of carbonyl (C=O) groups is 6. The number of alkyl halides is 1. The van der Waals surface area contributed by atoms with Crippen molar-refractivity contribution in [3.05, 3.63) is 0 Å². The number of nitrogens with one attached hydrogen (secondary N) is 1. The van der Waals surface area contributed by atoms with Crippen molar-refractivity contribution in [3.8, 4) is 0 Å². The van der Waals surface area contributed by atoms with Gasteiger partial charge in [0.25, 0.3) is 0 Å².